The van der Waals surface area contributed by atoms with Crippen LogP contribution in [0.5, 0.6) is 0 Å². The van der Waals surface area contributed by atoms with Crippen molar-refractivity contribution >= 4 is 0 Å². The Morgan fingerprint density at radius 3 is 2.20 bits per heavy atom. The Morgan fingerprint density at radius 1 is 1.33 bits per heavy atom. The first kappa shape index (κ1) is 14.9. The molecule has 0 rings (SSSR count). The Bertz CT molecular complexity index is 162. The van der Waals surface area contributed by atoms with E-state index in [-0.39, 0.29) is 5.54 Å². The van der Waals surface area contributed by atoms with Crippen molar-refractivity contribution in [2.24, 2.45) is 11.7 Å². The van der Waals surface area contributed by atoms with Gasteiger partial charge >= 0.3 is 0 Å². The third-order valence-electron chi connectivity index (χ3n) is 3.33. The van der Waals surface area contributed by atoms with Crippen LogP contribution < -0.4 is 5.73 Å². The second-order valence-electron chi connectivity index (χ2n) is 4.48. The molecule has 3 nitrogen and oxygen atoms in total. The molecule has 3 heteroatoms. The predicted molar refractivity (Wildman–Crippen MR) is 66.0 cm³/mol. The zero-order chi connectivity index (χ0) is 11.9. The van der Waals surface area contributed by atoms with E-state index in [4.69, 9.17) is 10.5 Å². The van der Waals surface area contributed by atoms with Crippen LogP contribution >= 0.6 is 0 Å². The van der Waals surface area contributed by atoms with Crippen molar-refractivity contribution in [3.63, 3.8) is 0 Å². The predicted octanol–water partition coefficient (Wildman–Crippen LogP) is 1.72. The first-order chi connectivity index (χ1) is 7.08. The average Bonchev–Trinajstić information content (AvgIpc) is 2.22. The fraction of sp³-hybridized carbons (Fsp3) is 1.00. The lowest BCUT2D eigenvalue weighted by molar-refractivity contribution is -0.0135. The number of hydrogen-bond acceptors (Lipinski definition) is 3. The van der Waals surface area contributed by atoms with Crippen LogP contribution in [0.25, 0.3) is 0 Å². The highest BCUT2D eigenvalue weighted by atomic mass is 16.5. The molecule has 0 bridgehead atoms. The third kappa shape index (κ3) is 3.44. The van der Waals surface area contributed by atoms with Crippen molar-refractivity contribution < 1.29 is 4.74 Å². The van der Waals surface area contributed by atoms with Crippen molar-refractivity contribution in [2.45, 2.75) is 39.7 Å². The Labute approximate surface area is 95.0 Å². The van der Waals surface area contributed by atoms with Gasteiger partial charge in [-0.3, -0.25) is 4.90 Å². The summed E-state index contributed by atoms with van der Waals surface area (Å²) in [5, 5.41) is 0. The zero-order valence-electron chi connectivity index (χ0n) is 11.0. The van der Waals surface area contributed by atoms with Crippen LogP contribution in [0.1, 0.15) is 34.1 Å². The van der Waals surface area contributed by atoms with Crippen molar-refractivity contribution in [2.75, 3.05) is 33.4 Å². The van der Waals surface area contributed by atoms with Gasteiger partial charge in [0.15, 0.2) is 0 Å². The molecule has 0 heterocycles. The van der Waals surface area contributed by atoms with E-state index in [9.17, 15) is 0 Å². The molecule has 1 unspecified atom stereocenters. The molecule has 0 aliphatic heterocycles. The van der Waals surface area contributed by atoms with Crippen LogP contribution in [0, 0.1) is 5.92 Å². The minimum absolute atomic E-state index is 0.000486. The summed E-state index contributed by atoms with van der Waals surface area (Å²) in [6, 6.07) is 0. The Kier molecular flexibility index (Phi) is 7.14. The van der Waals surface area contributed by atoms with Crippen LogP contribution in [0.2, 0.25) is 0 Å². The van der Waals surface area contributed by atoms with Crippen molar-refractivity contribution in [3.05, 3.63) is 0 Å². The van der Waals surface area contributed by atoms with Gasteiger partial charge in [0.05, 0.1) is 12.1 Å². The van der Waals surface area contributed by atoms with E-state index in [1.165, 1.54) is 0 Å². The maximum absolute atomic E-state index is 5.98. The van der Waals surface area contributed by atoms with E-state index in [1.54, 1.807) is 7.11 Å². The number of likely N-dealkylation sites (N-methyl/N-ethyl adjacent to an activating group) is 1. The van der Waals surface area contributed by atoms with Gasteiger partial charge in [0, 0.05) is 13.7 Å². The molecule has 0 amide bonds. The highest BCUT2D eigenvalue weighted by Crippen LogP contribution is 2.24. The van der Waals surface area contributed by atoms with Crippen LogP contribution in [0.15, 0.2) is 0 Å². The highest BCUT2D eigenvalue weighted by molar-refractivity contribution is 4.94. The summed E-state index contributed by atoms with van der Waals surface area (Å²) in [6.45, 7) is 12.4. The summed E-state index contributed by atoms with van der Waals surface area (Å²) in [5.74, 6) is 0.508. The minimum atomic E-state index is -0.000486. The van der Waals surface area contributed by atoms with Gasteiger partial charge in [0.25, 0.3) is 0 Å². The molecule has 1 atom stereocenters. The molecule has 0 spiro atoms. The van der Waals surface area contributed by atoms with Crippen LogP contribution in [0.4, 0.5) is 0 Å². The van der Waals surface area contributed by atoms with Crippen molar-refractivity contribution in [1.29, 1.82) is 0 Å². The number of nitrogens with two attached hydrogens (primary N) is 1. The summed E-state index contributed by atoms with van der Waals surface area (Å²) < 4.78 is 5.37. The van der Waals surface area contributed by atoms with Crippen molar-refractivity contribution in [3.8, 4) is 0 Å². The maximum atomic E-state index is 5.98. The lowest BCUT2D eigenvalue weighted by Gasteiger charge is -2.45. The topological polar surface area (TPSA) is 38.5 Å². The number of rotatable bonds is 8. The summed E-state index contributed by atoms with van der Waals surface area (Å²) in [5.41, 5.74) is 5.98. The third-order valence-corrected chi connectivity index (χ3v) is 3.33. The molecule has 15 heavy (non-hydrogen) atoms. The van der Waals surface area contributed by atoms with Gasteiger partial charge in [0.2, 0.25) is 0 Å². The molecule has 0 aromatic rings. The second kappa shape index (κ2) is 7.20. The van der Waals surface area contributed by atoms with Gasteiger partial charge in [-0.15, -0.1) is 0 Å². The van der Waals surface area contributed by atoms with Crippen LogP contribution in [0.3, 0.4) is 0 Å². The molecule has 92 valence electrons. The Balaban J connectivity index is 4.83. The molecule has 0 aromatic heterocycles. The summed E-state index contributed by atoms with van der Waals surface area (Å²) >= 11 is 0. The van der Waals surface area contributed by atoms with E-state index in [2.05, 4.69) is 32.6 Å². The molecular formula is C12H28N2O. The molecule has 0 radical (unpaired) electrons. The molecule has 0 saturated heterocycles. The van der Waals surface area contributed by atoms with Gasteiger partial charge in [0.1, 0.15) is 0 Å². The SMILES string of the molecule is CCCN(CC)C(CN)(COC)C(C)C. The molecule has 0 saturated carbocycles. The standard InChI is InChI=1S/C12H28N2O/c1-6-8-14(7-2)12(9-13,10-15-5)11(3)4/h11H,6-10,13H2,1-5H3. The summed E-state index contributed by atoms with van der Waals surface area (Å²) in [4.78, 5) is 2.46. The monoisotopic (exact) mass is 216 g/mol. The van der Waals surface area contributed by atoms with Gasteiger partial charge in [-0.1, -0.05) is 27.7 Å². The van der Waals surface area contributed by atoms with Gasteiger partial charge in [-0.05, 0) is 25.4 Å². The van der Waals surface area contributed by atoms with E-state index in [0.717, 1.165) is 26.1 Å². The van der Waals surface area contributed by atoms with E-state index < -0.39 is 0 Å². The van der Waals surface area contributed by atoms with E-state index in [1.807, 2.05) is 0 Å². The van der Waals surface area contributed by atoms with Gasteiger partial charge < -0.3 is 10.5 Å². The highest BCUT2D eigenvalue weighted by Gasteiger charge is 2.37. The minimum Gasteiger partial charge on any atom is -0.383 e. The lowest BCUT2D eigenvalue weighted by atomic mass is 9.85. The summed E-state index contributed by atoms with van der Waals surface area (Å²) in [6.07, 6.45) is 1.16. The molecule has 0 fully saturated rings. The number of methoxy groups -OCH3 is 1. The van der Waals surface area contributed by atoms with Crippen molar-refractivity contribution in [1.82, 2.24) is 4.90 Å². The summed E-state index contributed by atoms with van der Waals surface area (Å²) in [7, 11) is 1.76. The van der Waals surface area contributed by atoms with Gasteiger partial charge in [-0.25, -0.2) is 0 Å². The number of hydrogen-bond donors (Lipinski definition) is 1. The zero-order valence-corrected chi connectivity index (χ0v) is 11.0. The Morgan fingerprint density at radius 2 is 1.93 bits per heavy atom. The Hall–Kier alpha value is -0.120. The molecule has 0 aliphatic carbocycles. The number of nitrogens with zero attached hydrogens (tertiary/aromatic N) is 1. The fourth-order valence-corrected chi connectivity index (χ4v) is 2.26. The number of ether oxygens (including phenoxy) is 1. The fourth-order valence-electron chi connectivity index (χ4n) is 2.26. The van der Waals surface area contributed by atoms with Gasteiger partial charge in [-0.2, -0.15) is 0 Å². The first-order valence-corrected chi connectivity index (χ1v) is 6.03. The second-order valence-corrected chi connectivity index (χ2v) is 4.48. The van der Waals surface area contributed by atoms with E-state index in [0.29, 0.717) is 12.5 Å². The van der Waals surface area contributed by atoms with E-state index >= 15 is 0 Å². The largest absolute Gasteiger partial charge is 0.383 e. The molecule has 0 aromatic carbocycles. The molecule has 0 aliphatic rings. The normalized spacial score (nSPS) is 16.0. The average molecular weight is 216 g/mol. The lowest BCUT2D eigenvalue weighted by Crippen LogP contribution is -2.60. The smallest absolute Gasteiger partial charge is 0.0661 e. The maximum Gasteiger partial charge on any atom is 0.0661 e. The van der Waals surface area contributed by atoms with Crippen LogP contribution in [-0.2, 0) is 4.74 Å². The van der Waals surface area contributed by atoms with Crippen LogP contribution in [-0.4, -0.2) is 43.8 Å². The molecule has 2 N–H and O–H groups in total. The molecular weight excluding hydrogens is 188 g/mol. The first-order valence-electron chi connectivity index (χ1n) is 6.03. The quantitative estimate of drug-likeness (QED) is 0.671.